The number of benzene rings is 1. The van der Waals surface area contributed by atoms with Crippen LogP contribution in [0.5, 0.6) is 11.5 Å². The summed E-state index contributed by atoms with van der Waals surface area (Å²) in [5.74, 6) is 1.11. The molecule has 8 nitrogen and oxygen atoms in total. The molecule has 1 heterocycles. The smallest absolute Gasteiger partial charge is 0.238 e. The van der Waals surface area contributed by atoms with E-state index in [2.05, 4.69) is 20.3 Å². The van der Waals surface area contributed by atoms with Gasteiger partial charge in [-0.05, 0) is 18.6 Å². The second kappa shape index (κ2) is 8.34. The molecule has 0 spiro atoms. The lowest BCUT2D eigenvalue weighted by atomic mass is 10.2. The molecule has 0 saturated carbocycles. The van der Waals surface area contributed by atoms with E-state index >= 15 is 0 Å². The third kappa shape index (κ3) is 4.48. The summed E-state index contributed by atoms with van der Waals surface area (Å²) in [4.78, 5) is 24.3. The van der Waals surface area contributed by atoms with E-state index in [-0.39, 0.29) is 17.1 Å². The fraction of sp³-hybridized carbons (Fsp3) is 0.333. The van der Waals surface area contributed by atoms with E-state index in [9.17, 15) is 4.79 Å². The molecule has 128 valence electrons. The number of carbonyl (C=O) groups excluding carboxylic acids is 1. The van der Waals surface area contributed by atoms with E-state index in [1.807, 2.05) is 6.92 Å². The molecule has 0 saturated heterocycles. The Kier molecular flexibility index (Phi) is 6.19. The number of nitrogens with two attached hydrogens (primary N) is 1. The van der Waals surface area contributed by atoms with Crippen molar-refractivity contribution in [2.24, 2.45) is 0 Å². The third-order valence-corrected chi connectivity index (χ3v) is 4.39. The number of ether oxygens (including phenoxy) is 2. The van der Waals surface area contributed by atoms with Gasteiger partial charge in [-0.15, -0.1) is 0 Å². The Balaban J connectivity index is 2.12. The minimum absolute atomic E-state index is 0.125. The van der Waals surface area contributed by atoms with Crippen LogP contribution in [0.3, 0.4) is 0 Å². The van der Waals surface area contributed by atoms with Crippen LogP contribution < -0.4 is 20.5 Å². The van der Waals surface area contributed by atoms with Gasteiger partial charge >= 0.3 is 0 Å². The Morgan fingerprint density at radius 2 is 2.12 bits per heavy atom. The number of carbonyl (C=O) groups is 1. The summed E-state index contributed by atoms with van der Waals surface area (Å²) in [6, 6.07) is 5.18. The minimum Gasteiger partial charge on any atom is -0.497 e. The molecule has 1 aromatic carbocycles. The highest BCUT2D eigenvalue weighted by molar-refractivity contribution is 8.00. The van der Waals surface area contributed by atoms with Crippen molar-refractivity contribution < 1.29 is 14.3 Å². The number of amides is 1. The van der Waals surface area contributed by atoms with Crippen LogP contribution in [-0.4, -0.2) is 40.3 Å². The van der Waals surface area contributed by atoms with Crippen molar-refractivity contribution >= 4 is 29.3 Å². The fourth-order valence-electron chi connectivity index (χ4n) is 1.91. The summed E-state index contributed by atoms with van der Waals surface area (Å²) in [6.45, 7) is 1.91. The molecule has 0 bridgehead atoms. The highest BCUT2D eigenvalue weighted by atomic mass is 32.2. The quantitative estimate of drug-likeness (QED) is 0.730. The molecule has 3 N–H and O–H groups in total. The van der Waals surface area contributed by atoms with Crippen LogP contribution in [0.15, 0.2) is 29.7 Å². The van der Waals surface area contributed by atoms with Crippen molar-refractivity contribution in [1.29, 1.82) is 0 Å². The molecule has 1 aromatic heterocycles. The maximum Gasteiger partial charge on any atom is 0.238 e. The van der Waals surface area contributed by atoms with Crippen molar-refractivity contribution in [2.45, 2.75) is 23.8 Å². The van der Waals surface area contributed by atoms with Gasteiger partial charge in [0, 0.05) is 6.07 Å². The van der Waals surface area contributed by atoms with Crippen LogP contribution in [0.1, 0.15) is 13.3 Å². The van der Waals surface area contributed by atoms with Gasteiger partial charge in [0.2, 0.25) is 11.9 Å². The van der Waals surface area contributed by atoms with Crippen molar-refractivity contribution in [3.63, 3.8) is 0 Å². The number of nitrogens with zero attached hydrogens (tertiary/aromatic N) is 3. The summed E-state index contributed by atoms with van der Waals surface area (Å²) in [6.07, 6.45) is 1.92. The maximum absolute atomic E-state index is 12.5. The highest BCUT2D eigenvalue weighted by Gasteiger charge is 2.21. The van der Waals surface area contributed by atoms with E-state index in [1.165, 1.54) is 25.2 Å². The van der Waals surface area contributed by atoms with Crippen LogP contribution in [0, 0.1) is 0 Å². The number of nitrogens with one attached hydrogen (secondary N) is 1. The predicted molar refractivity (Wildman–Crippen MR) is 92.4 cm³/mol. The molecule has 1 atom stereocenters. The van der Waals surface area contributed by atoms with Gasteiger partial charge in [-0.2, -0.15) is 4.98 Å². The van der Waals surface area contributed by atoms with Gasteiger partial charge in [0.15, 0.2) is 5.16 Å². The first-order valence-electron chi connectivity index (χ1n) is 7.21. The summed E-state index contributed by atoms with van der Waals surface area (Å²) >= 11 is 1.23. The Morgan fingerprint density at radius 1 is 1.33 bits per heavy atom. The van der Waals surface area contributed by atoms with Gasteiger partial charge in [-0.3, -0.25) is 4.79 Å². The summed E-state index contributed by atoms with van der Waals surface area (Å²) in [7, 11) is 3.10. The largest absolute Gasteiger partial charge is 0.497 e. The molecule has 0 radical (unpaired) electrons. The molecule has 2 rings (SSSR count). The SMILES string of the molecule is CCC(Sc1ncnc(N)n1)C(=O)Nc1ccc(OC)cc1OC. The zero-order valence-electron chi connectivity index (χ0n) is 13.6. The Labute approximate surface area is 144 Å². The van der Waals surface area contributed by atoms with E-state index in [4.69, 9.17) is 15.2 Å². The number of hydrogen-bond acceptors (Lipinski definition) is 8. The normalized spacial score (nSPS) is 11.6. The van der Waals surface area contributed by atoms with Crippen LogP contribution in [0.2, 0.25) is 0 Å². The first-order valence-corrected chi connectivity index (χ1v) is 8.09. The van der Waals surface area contributed by atoms with Crippen LogP contribution in [-0.2, 0) is 4.79 Å². The molecule has 0 aliphatic rings. The van der Waals surface area contributed by atoms with Crippen molar-refractivity contribution in [1.82, 2.24) is 15.0 Å². The lowest BCUT2D eigenvalue weighted by Crippen LogP contribution is -2.25. The summed E-state index contributed by atoms with van der Waals surface area (Å²) < 4.78 is 10.4. The molecule has 2 aromatic rings. The number of hydrogen-bond donors (Lipinski definition) is 2. The van der Waals surface area contributed by atoms with Gasteiger partial charge in [0.25, 0.3) is 0 Å². The second-order valence-corrected chi connectivity index (χ2v) is 5.87. The molecule has 24 heavy (non-hydrogen) atoms. The number of aromatic nitrogens is 3. The van der Waals surface area contributed by atoms with E-state index in [1.54, 1.807) is 25.3 Å². The third-order valence-electron chi connectivity index (χ3n) is 3.15. The molecule has 0 fully saturated rings. The average molecular weight is 349 g/mol. The number of anilines is 2. The first-order chi connectivity index (χ1) is 11.6. The van der Waals surface area contributed by atoms with Crippen LogP contribution >= 0.6 is 11.8 Å². The second-order valence-electron chi connectivity index (χ2n) is 4.70. The van der Waals surface area contributed by atoms with Gasteiger partial charge < -0.3 is 20.5 Å². The fourth-order valence-corrected chi connectivity index (χ4v) is 2.76. The highest BCUT2D eigenvalue weighted by Crippen LogP contribution is 2.30. The van der Waals surface area contributed by atoms with Crippen molar-refractivity contribution in [2.75, 3.05) is 25.3 Å². The topological polar surface area (TPSA) is 112 Å². The zero-order chi connectivity index (χ0) is 17.5. The number of thioether (sulfide) groups is 1. The van der Waals surface area contributed by atoms with Crippen molar-refractivity contribution in [3.05, 3.63) is 24.5 Å². The van der Waals surface area contributed by atoms with E-state index in [0.29, 0.717) is 28.8 Å². The molecular weight excluding hydrogens is 330 g/mol. The molecule has 9 heteroatoms. The summed E-state index contributed by atoms with van der Waals surface area (Å²) in [5.41, 5.74) is 6.10. The molecule has 0 aliphatic heterocycles. The van der Waals surface area contributed by atoms with Crippen LogP contribution in [0.25, 0.3) is 0 Å². The number of rotatable bonds is 7. The van der Waals surface area contributed by atoms with E-state index < -0.39 is 0 Å². The van der Waals surface area contributed by atoms with Gasteiger partial charge in [0.05, 0.1) is 25.2 Å². The molecule has 1 amide bonds. The Bertz CT molecular complexity index is 713. The average Bonchev–Trinajstić information content (AvgIpc) is 2.59. The number of nitrogen functional groups attached to an aromatic ring is 1. The van der Waals surface area contributed by atoms with Gasteiger partial charge in [-0.1, -0.05) is 18.7 Å². The zero-order valence-corrected chi connectivity index (χ0v) is 14.5. The van der Waals surface area contributed by atoms with Gasteiger partial charge in [0.1, 0.15) is 17.8 Å². The monoisotopic (exact) mass is 349 g/mol. The Hall–Kier alpha value is -2.55. The van der Waals surface area contributed by atoms with Crippen molar-refractivity contribution in [3.8, 4) is 11.5 Å². The number of methoxy groups -OCH3 is 2. The molecular formula is C15H19N5O3S. The lowest BCUT2D eigenvalue weighted by Gasteiger charge is -2.16. The predicted octanol–water partition coefficient (Wildman–Crippen LogP) is 1.98. The Morgan fingerprint density at radius 3 is 2.75 bits per heavy atom. The minimum atomic E-state index is -0.376. The standard InChI is InChI=1S/C15H19N5O3S/c1-4-12(24-15-18-8-17-14(16)20-15)13(21)19-10-6-5-9(22-2)7-11(10)23-3/h5-8,12H,4H2,1-3H3,(H,19,21)(H2,16,17,18,20). The molecule has 1 unspecified atom stereocenters. The van der Waals surface area contributed by atoms with E-state index in [0.717, 1.165) is 0 Å². The maximum atomic E-state index is 12.5. The van der Waals surface area contributed by atoms with Crippen LogP contribution in [0.4, 0.5) is 11.6 Å². The molecule has 0 aliphatic carbocycles. The first kappa shape index (κ1) is 17.8. The van der Waals surface area contributed by atoms with Gasteiger partial charge in [-0.25, -0.2) is 9.97 Å². The summed E-state index contributed by atoms with van der Waals surface area (Å²) in [5, 5.41) is 2.89. The lowest BCUT2D eigenvalue weighted by molar-refractivity contribution is -0.115.